The molecule has 1 aromatic carbocycles. The zero-order valence-electron chi connectivity index (χ0n) is 16.7. The minimum Gasteiger partial charge on any atom is -0.491 e. The number of carbonyl (C=O) groups excluding carboxylic acids is 1. The topological polar surface area (TPSA) is 156 Å². The lowest BCUT2D eigenvalue weighted by Gasteiger charge is -2.35. The van der Waals surface area contributed by atoms with Crippen molar-refractivity contribution in [3.05, 3.63) is 34.2 Å². The average Bonchev–Trinajstić information content (AvgIpc) is 2.65. The fourth-order valence-electron chi connectivity index (χ4n) is 3.15. The van der Waals surface area contributed by atoms with Crippen molar-refractivity contribution in [3.8, 4) is 5.75 Å². The number of piperidine rings is 1. The summed E-state index contributed by atoms with van der Waals surface area (Å²) in [5, 5.41) is 19.4. The Morgan fingerprint density at radius 2 is 1.86 bits per heavy atom. The summed E-state index contributed by atoms with van der Waals surface area (Å²) in [7, 11) is -3.67. The first-order valence-electron chi connectivity index (χ1n) is 9.28. The maximum Gasteiger partial charge on any atom is 0.237 e. The van der Waals surface area contributed by atoms with Gasteiger partial charge in [0.15, 0.2) is 0 Å². The van der Waals surface area contributed by atoms with E-state index in [0.29, 0.717) is 5.75 Å². The number of hydrogen-bond donors (Lipinski definition) is 4. The van der Waals surface area contributed by atoms with Crippen molar-refractivity contribution in [2.24, 2.45) is 11.5 Å². The molecule has 1 heterocycles. The van der Waals surface area contributed by atoms with Gasteiger partial charge in [-0.3, -0.25) is 4.79 Å². The van der Waals surface area contributed by atoms with E-state index in [4.69, 9.17) is 21.3 Å². The molecule has 0 unspecified atom stereocenters. The Kier molecular flexibility index (Phi) is 7.41. The van der Waals surface area contributed by atoms with E-state index in [0.717, 1.165) is 22.1 Å². The van der Waals surface area contributed by atoms with Gasteiger partial charge in [-0.05, 0) is 61.6 Å². The van der Waals surface area contributed by atoms with Crippen LogP contribution >= 0.6 is 0 Å². The number of ether oxygens (including phenoxy) is 1. The molecule has 6 N–H and O–H groups in total. The Labute approximate surface area is 171 Å². The number of carbonyl (C=O) groups is 1. The molecule has 1 aromatic rings. The van der Waals surface area contributed by atoms with Crippen molar-refractivity contribution in [2.75, 3.05) is 26.3 Å². The number of aryl methyl sites for hydroxylation is 2. The summed E-state index contributed by atoms with van der Waals surface area (Å²) < 4.78 is 32.0. The molecule has 0 bridgehead atoms. The first kappa shape index (κ1) is 23.3. The maximum atomic E-state index is 12.6. The Hall–Kier alpha value is -1.98. The molecule has 0 saturated carbocycles. The van der Waals surface area contributed by atoms with Gasteiger partial charge in [0.1, 0.15) is 18.5 Å². The average molecular weight is 428 g/mol. The Balaban J connectivity index is 2.11. The number of hydrogen-bond acceptors (Lipinski definition) is 7. The lowest BCUT2D eigenvalue weighted by molar-refractivity contribution is -0.124. The smallest absolute Gasteiger partial charge is 0.237 e. The van der Waals surface area contributed by atoms with E-state index in [1.165, 1.54) is 10.4 Å². The van der Waals surface area contributed by atoms with Crippen LogP contribution in [0.15, 0.2) is 17.5 Å². The number of aliphatic hydroxyl groups is 2. The van der Waals surface area contributed by atoms with Gasteiger partial charge >= 0.3 is 0 Å². The van der Waals surface area contributed by atoms with E-state index in [2.05, 4.69) is 0 Å². The molecule has 0 spiro atoms. The standard InChI is InChI=1S/C19H29N3O6S/c1-13-9-16(28-12-15(24)11-23)10-14(2)17(13)3-8-29(26,27)22-6-4-19(21,5-7-22)18(20)25/h3,8-10,15,23-24H,4-7,11-12,21H2,1-2H3,(H2,20,25)/t15-/m1/s1. The van der Waals surface area contributed by atoms with Crippen molar-refractivity contribution >= 4 is 22.0 Å². The summed E-state index contributed by atoms with van der Waals surface area (Å²) in [6.07, 6.45) is 0.926. The van der Waals surface area contributed by atoms with Crippen molar-refractivity contribution in [3.63, 3.8) is 0 Å². The lowest BCUT2D eigenvalue weighted by Crippen LogP contribution is -2.58. The fraction of sp³-hybridized carbons (Fsp3) is 0.526. The quantitative estimate of drug-likeness (QED) is 0.440. The molecular formula is C19H29N3O6S. The molecule has 1 amide bonds. The van der Waals surface area contributed by atoms with Crippen molar-refractivity contribution in [1.29, 1.82) is 0 Å². The highest BCUT2D eigenvalue weighted by atomic mass is 32.2. The van der Waals surface area contributed by atoms with Crippen LogP contribution in [0.25, 0.3) is 6.08 Å². The van der Waals surface area contributed by atoms with Gasteiger partial charge in [-0.15, -0.1) is 0 Å². The van der Waals surface area contributed by atoms with Crippen LogP contribution in [0, 0.1) is 13.8 Å². The summed E-state index contributed by atoms with van der Waals surface area (Å²) in [4.78, 5) is 11.4. The number of amides is 1. The van der Waals surface area contributed by atoms with E-state index in [-0.39, 0.29) is 32.5 Å². The molecule has 10 heteroatoms. The molecule has 9 nitrogen and oxygen atoms in total. The Morgan fingerprint density at radius 3 is 2.34 bits per heavy atom. The van der Waals surface area contributed by atoms with Crippen LogP contribution in [0.1, 0.15) is 29.5 Å². The molecule has 0 aromatic heterocycles. The van der Waals surface area contributed by atoms with E-state index in [1.54, 1.807) is 12.1 Å². The molecule has 1 atom stereocenters. The van der Waals surface area contributed by atoms with Crippen LogP contribution in [0.5, 0.6) is 5.75 Å². The van der Waals surface area contributed by atoms with Gasteiger partial charge in [-0.25, -0.2) is 8.42 Å². The number of aliphatic hydroxyl groups excluding tert-OH is 2. The first-order chi connectivity index (χ1) is 13.5. The second kappa shape index (κ2) is 9.23. The third kappa shape index (κ3) is 5.77. The monoisotopic (exact) mass is 427 g/mol. The second-order valence-electron chi connectivity index (χ2n) is 7.39. The largest absolute Gasteiger partial charge is 0.491 e. The summed E-state index contributed by atoms with van der Waals surface area (Å²) in [6, 6.07) is 3.47. The SMILES string of the molecule is Cc1cc(OC[C@H](O)CO)cc(C)c1C=CS(=O)(=O)N1CCC(N)(C(N)=O)CC1. The highest BCUT2D eigenvalue weighted by molar-refractivity contribution is 7.92. The highest BCUT2D eigenvalue weighted by Crippen LogP contribution is 2.25. The Morgan fingerprint density at radius 1 is 1.31 bits per heavy atom. The number of nitrogens with two attached hydrogens (primary N) is 2. The summed E-state index contributed by atoms with van der Waals surface area (Å²) in [6.45, 7) is 3.48. The molecule has 2 rings (SSSR count). The minimum absolute atomic E-state index is 0.0398. The van der Waals surface area contributed by atoms with Crippen molar-refractivity contribution in [2.45, 2.75) is 38.3 Å². The van der Waals surface area contributed by atoms with Crippen LogP contribution in [-0.4, -0.2) is 66.8 Å². The summed E-state index contributed by atoms with van der Waals surface area (Å²) >= 11 is 0. The first-order valence-corrected chi connectivity index (χ1v) is 10.8. The van der Waals surface area contributed by atoms with E-state index < -0.39 is 34.2 Å². The molecule has 0 aliphatic carbocycles. The van der Waals surface area contributed by atoms with Crippen molar-refractivity contribution in [1.82, 2.24) is 4.31 Å². The molecule has 0 radical (unpaired) electrons. The molecule has 1 saturated heterocycles. The Bertz CT molecular complexity index is 853. The number of benzene rings is 1. The molecule has 1 aliphatic rings. The van der Waals surface area contributed by atoms with Gasteiger partial charge in [0.25, 0.3) is 0 Å². The fourth-order valence-corrected chi connectivity index (χ4v) is 4.32. The predicted octanol–water partition coefficient (Wildman–Crippen LogP) is -0.385. The zero-order chi connectivity index (χ0) is 21.8. The van der Waals surface area contributed by atoms with Crippen molar-refractivity contribution < 1.29 is 28.2 Å². The van der Waals surface area contributed by atoms with Gasteiger partial charge in [-0.1, -0.05) is 0 Å². The van der Waals surface area contributed by atoms with Crippen LogP contribution in [0.4, 0.5) is 0 Å². The predicted molar refractivity (Wildman–Crippen MR) is 109 cm³/mol. The third-order valence-electron chi connectivity index (χ3n) is 5.09. The number of rotatable bonds is 8. The highest BCUT2D eigenvalue weighted by Gasteiger charge is 2.38. The minimum atomic E-state index is -3.67. The maximum absolute atomic E-state index is 12.6. The summed E-state index contributed by atoms with van der Waals surface area (Å²) in [5.74, 6) is -0.0977. The molecule has 29 heavy (non-hydrogen) atoms. The van der Waals surface area contributed by atoms with Gasteiger partial charge in [0.05, 0.1) is 12.1 Å². The van der Waals surface area contributed by atoms with Gasteiger partial charge in [0.2, 0.25) is 15.9 Å². The normalized spacial score (nSPS) is 18.7. The van der Waals surface area contributed by atoms with Crippen LogP contribution in [-0.2, 0) is 14.8 Å². The lowest BCUT2D eigenvalue weighted by atomic mass is 9.89. The molecule has 1 fully saturated rings. The van der Waals surface area contributed by atoms with Gasteiger partial charge < -0.3 is 26.4 Å². The van der Waals surface area contributed by atoms with Gasteiger partial charge in [-0.2, -0.15) is 4.31 Å². The van der Waals surface area contributed by atoms with E-state index in [9.17, 15) is 18.3 Å². The van der Waals surface area contributed by atoms with Crippen LogP contribution in [0.2, 0.25) is 0 Å². The van der Waals surface area contributed by atoms with E-state index in [1.807, 2.05) is 13.8 Å². The van der Waals surface area contributed by atoms with Crippen LogP contribution < -0.4 is 16.2 Å². The summed E-state index contributed by atoms with van der Waals surface area (Å²) in [5.41, 5.74) is 12.4. The number of primary amides is 1. The second-order valence-corrected chi connectivity index (χ2v) is 9.20. The molecule has 1 aliphatic heterocycles. The zero-order valence-corrected chi connectivity index (χ0v) is 17.5. The van der Waals surface area contributed by atoms with Crippen LogP contribution in [0.3, 0.4) is 0 Å². The molecular weight excluding hydrogens is 398 g/mol. The third-order valence-corrected chi connectivity index (χ3v) is 6.66. The molecule has 162 valence electrons. The number of sulfonamides is 1. The van der Waals surface area contributed by atoms with Gasteiger partial charge in [0, 0.05) is 18.5 Å². The van der Waals surface area contributed by atoms with E-state index >= 15 is 0 Å². The number of nitrogens with zero attached hydrogens (tertiary/aromatic N) is 1.